The topological polar surface area (TPSA) is 37.4 Å². The van der Waals surface area contributed by atoms with E-state index in [4.69, 9.17) is 0 Å². The van der Waals surface area contributed by atoms with Crippen LogP contribution < -0.4 is 4.90 Å². The fourth-order valence-electron chi connectivity index (χ4n) is 5.18. The average Bonchev–Trinajstić information content (AvgIpc) is 2.94. The number of carbonyl (C=O) groups excluding carboxylic acids is 2. The van der Waals surface area contributed by atoms with E-state index in [1.165, 1.54) is 7.05 Å². The lowest BCUT2D eigenvalue weighted by atomic mass is 9.89. The van der Waals surface area contributed by atoms with Gasteiger partial charge in [-0.15, -0.1) is 0 Å². The van der Waals surface area contributed by atoms with Crippen molar-refractivity contribution in [2.75, 3.05) is 11.9 Å². The minimum absolute atomic E-state index is 0.0861. The lowest BCUT2D eigenvalue weighted by Gasteiger charge is -2.31. The molecule has 0 N–H and O–H groups in total. The van der Waals surface area contributed by atoms with Gasteiger partial charge in [0.15, 0.2) is 11.6 Å². The number of amides is 1. The Morgan fingerprint density at radius 2 is 1.42 bits per heavy atom. The number of hydrogen-bond acceptors (Lipinski definition) is 2. The molecule has 242 valence electrons. The number of halogens is 12. The van der Waals surface area contributed by atoms with Gasteiger partial charge in [-0.2, -0.15) is 39.5 Å². The normalized spacial score (nSPS) is 14.2. The summed E-state index contributed by atoms with van der Waals surface area (Å²) in [5, 5.41) is 0. The standard InChI is InChI=1S/C30H21F11INO2/c1-43(26(45)17-10-9-15-5-2-3-6-16(15)11-17)23-8-4-7-19(25(23)31)24(44)14-20-21(28(33,34)35)12-18(13-22(20)42)27(32,29(36,37)38)30(39,40)41/h4,7-13H,2-3,5-6,14H2,1H3. The molecule has 3 aromatic rings. The molecule has 0 aromatic heterocycles. The number of nitrogens with zero attached hydrogens (tertiary/aromatic N) is 1. The van der Waals surface area contributed by atoms with Crippen LogP contribution in [0.3, 0.4) is 0 Å². The van der Waals surface area contributed by atoms with Crippen LogP contribution in [0.5, 0.6) is 0 Å². The summed E-state index contributed by atoms with van der Waals surface area (Å²) in [5.74, 6) is -3.29. The highest BCUT2D eigenvalue weighted by Gasteiger charge is 2.73. The Bertz CT molecular complexity index is 1630. The highest BCUT2D eigenvalue weighted by atomic mass is 127. The molecule has 4 rings (SSSR count). The molecular formula is C30H21F11INO2. The van der Waals surface area contributed by atoms with Crippen molar-refractivity contribution in [2.45, 2.75) is 56.3 Å². The summed E-state index contributed by atoms with van der Waals surface area (Å²) in [6, 6.07) is 7.46. The number of rotatable bonds is 6. The molecule has 0 atom stereocenters. The van der Waals surface area contributed by atoms with E-state index >= 15 is 4.39 Å². The third-order valence-corrected chi connectivity index (χ3v) is 8.52. The van der Waals surface area contributed by atoms with Crippen molar-refractivity contribution in [1.29, 1.82) is 0 Å². The molecule has 3 aromatic carbocycles. The molecule has 1 aliphatic rings. The van der Waals surface area contributed by atoms with Gasteiger partial charge in [-0.3, -0.25) is 9.59 Å². The van der Waals surface area contributed by atoms with Crippen LogP contribution in [-0.4, -0.2) is 31.1 Å². The summed E-state index contributed by atoms with van der Waals surface area (Å²) < 4.78 is 151. The summed E-state index contributed by atoms with van der Waals surface area (Å²) in [4.78, 5) is 27.2. The molecule has 1 amide bonds. The first-order valence-electron chi connectivity index (χ1n) is 13.1. The number of alkyl halides is 10. The first-order valence-corrected chi connectivity index (χ1v) is 14.2. The van der Waals surface area contributed by atoms with Crippen molar-refractivity contribution in [3.63, 3.8) is 0 Å². The van der Waals surface area contributed by atoms with Crippen molar-refractivity contribution in [1.82, 2.24) is 0 Å². The lowest BCUT2D eigenvalue weighted by molar-refractivity contribution is -0.348. The summed E-state index contributed by atoms with van der Waals surface area (Å²) in [5.41, 5.74) is -10.7. The highest BCUT2D eigenvalue weighted by Crippen LogP contribution is 2.54. The van der Waals surface area contributed by atoms with Gasteiger partial charge in [0.05, 0.1) is 16.8 Å². The van der Waals surface area contributed by atoms with Gasteiger partial charge in [-0.1, -0.05) is 12.1 Å². The minimum atomic E-state index is -6.68. The molecule has 0 spiro atoms. The van der Waals surface area contributed by atoms with E-state index in [0.29, 0.717) is 0 Å². The van der Waals surface area contributed by atoms with Gasteiger partial charge in [-0.25, -0.2) is 8.78 Å². The van der Waals surface area contributed by atoms with Crippen molar-refractivity contribution >= 4 is 40.0 Å². The average molecular weight is 763 g/mol. The Kier molecular flexibility index (Phi) is 9.37. The Balaban J connectivity index is 1.71. The molecule has 0 bridgehead atoms. The van der Waals surface area contributed by atoms with E-state index in [2.05, 4.69) is 0 Å². The van der Waals surface area contributed by atoms with E-state index < -0.39 is 85.7 Å². The third kappa shape index (κ3) is 6.54. The monoisotopic (exact) mass is 763 g/mol. The van der Waals surface area contributed by atoms with Crippen molar-refractivity contribution in [3.05, 3.63) is 96.9 Å². The zero-order valence-electron chi connectivity index (χ0n) is 23.0. The zero-order valence-corrected chi connectivity index (χ0v) is 25.1. The molecule has 3 nitrogen and oxygen atoms in total. The molecule has 0 aliphatic heterocycles. The molecule has 1 aliphatic carbocycles. The summed E-state index contributed by atoms with van der Waals surface area (Å²) >= 11 is 0.956. The quantitative estimate of drug-likeness (QED) is 0.143. The summed E-state index contributed by atoms with van der Waals surface area (Å²) in [6.07, 6.45) is -16.8. The van der Waals surface area contributed by atoms with Crippen LogP contribution in [-0.2, 0) is 31.1 Å². The van der Waals surface area contributed by atoms with Crippen molar-refractivity contribution in [2.24, 2.45) is 0 Å². The molecule has 0 fully saturated rings. The maximum atomic E-state index is 15.6. The Hall–Kier alpha value is -3.24. The number of anilines is 1. The number of carbonyl (C=O) groups is 2. The van der Waals surface area contributed by atoms with Gasteiger partial charge in [0, 0.05) is 28.2 Å². The number of fused-ring (bicyclic) bond motifs is 1. The number of ketones is 1. The van der Waals surface area contributed by atoms with Gasteiger partial charge in [0.1, 0.15) is 0 Å². The smallest absolute Gasteiger partial charge is 0.309 e. The zero-order chi connectivity index (χ0) is 33.7. The minimum Gasteiger partial charge on any atom is -0.309 e. The van der Waals surface area contributed by atoms with Crippen LogP contribution in [0, 0.1) is 9.39 Å². The fourth-order valence-corrected chi connectivity index (χ4v) is 5.99. The Morgan fingerprint density at radius 1 is 0.822 bits per heavy atom. The summed E-state index contributed by atoms with van der Waals surface area (Å²) in [6.45, 7) is 0. The van der Waals surface area contributed by atoms with Crippen molar-refractivity contribution < 1.29 is 57.9 Å². The largest absolute Gasteiger partial charge is 0.435 e. The van der Waals surface area contributed by atoms with E-state index in [0.717, 1.165) is 82.5 Å². The van der Waals surface area contributed by atoms with Gasteiger partial charge >= 0.3 is 24.2 Å². The second-order valence-corrected chi connectivity index (χ2v) is 11.6. The third-order valence-electron chi connectivity index (χ3n) is 7.56. The maximum Gasteiger partial charge on any atom is 0.435 e. The van der Waals surface area contributed by atoms with Crippen LogP contribution >= 0.6 is 22.6 Å². The number of hydrogen-bond donors (Lipinski definition) is 0. The van der Waals surface area contributed by atoms with E-state index in [9.17, 15) is 53.5 Å². The van der Waals surface area contributed by atoms with Gasteiger partial charge < -0.3 is 4.90 Å². The van der Waals surface area contributed by atoms with Crippen molar-refractivity contribution in [3.8, 4) is 0 Å². The molecule has 0 saturated carbocycles. The van der Waals surface area contributed by atoms with Gasteiger partial charge in [-0.05, 0) is 101 Å². The first-order chi connectivity index (χ1) is 20.7. The van der Waals surface area contributed by atoms with E-state index in [-0.39, 0.29) is 11.6 Å². The Labute approximate surface area is 262 Å². The highest BCUT2D eigenvalue weighted by molar-refractivity contribution is 14.1. The van der Waals surface area contributed by atoms with Crippen LogP contribution in [0.15, 0.2) is 48.5 Å². The Morgan fingerprint density at radius 3 is 2.00 bits per heavy atom. The predicted octanol–water partition coefficient (Wildman–Crippen LogP) is 9.32. The fraction of sp³-hybridized carbons (Fsp3) is 0.333. The van der Waals surface area contributed by atoms with E-state index in [1.807, 2.05) is 0 Å². The second-order valence-electron chi connectivity index (χ2n) is 10.4. The number of Topliss-reactive ketones (excluding diaryl/α,β-unsaturated/α-hetero) is 1. The number of benzene rings is 3. The van der Waals surface area contributed by atoms with Crippen LogP contribution in [0.1, 0.15) is 61.4 Å². The molecule has 0 radical (unpaired) electrons. The first kappa shape index (κ1) is 34.6. The number of aryl methyl sites for hydroxylation is 2. The van der Waals surface area contributed by atoms with Crippen LogP contribution in [0.25, 0.3) is 0 Å². The molecule has 45 heavy (non-hydrogen) atoms. The molecular weight excluding hydrogens is 742 g/mol. The molecule has 0 heterocycles. The van der Waals surface area contributed by atoms with Crippen LogP contribution in [0.2, 0.25) is 0 Å². The SMILES string of the molecule is CN(C(=O)c1ccc2c(c1)CCCC2)c1cccc(C(=O)Cc2c(I)cc(C(F)(C(F)(F)F)C(F)(F)F)cc2C(F)(F)F)c1F. The van der Waals surface area contributed by atoms with Gasteiger partial charge in [0.2, 0.25) is 0 Å². The van der Waals surface area contributed by atoms with Crippen LogP contribution in [0.4, 0.5) is 54.0 Å². The maximum absolute atomic E-state index is 15.6. The van der Waals surface area contributed by atoms with E-state index in [1.54, 1.807) is 18.2 Å². The molecule has 15 heteroatoms. The molecule has 0 saturated heterocycles. The second kappa shape index (κ2) is 12.2. The van der Waals surface area contributed by atoms with Gasteiger partial charge in [0.25, 0.3) is 5.91 Å². The lowest BCUT2D eigenvalue weighted by Crippen LogP contribution is -2.50. The summed E-state index contributed by atoms with van der Waals surface area (Å²) in [7, 11) is 1.21. The predicted molar refractivity (Wildman–Crippen MR) is 149 cm³/mol. The molecule has 0 unspecified atom stereocenters.